The zero-order valence-corrected chi connectivity index (χ0v) is 10.7. The molecule has 1 aliphatic rings. The highest BCUT2D eigenvalue weighted by molar-refractivity contribution is 5.91. The van der Waals surface area contributed by atoms with Crippen molar-refractivity contribution >= 4 is 5.97 Å². The molecule has 0 aliphatic heterocycles. The van der Waals surface area contributed by atoms with E-state index in [1.54, 1.807) is 24.0 Å². The van der Waals surface area contributed by atoms with E-state index in [0.29, 0.717) is 18.1 Å². The number of aromatic nitrogens is 3. The third-order valence-electron chi connectivity index (χ3n) is 3.13. The molecular formula is C14H15N3O2. The molecule has 0 saturated heterocycles. The van der Waals surface area contributed by atoms with Gasteiger partial charge in [-0.15, -0.1) is 0 Å². The fourth-order valence-electron chi connectivity index (χ4n) is 2.14. The number of carbonyl (C=O) groups is 1. The SMILES string of the molecule is CCOC(=O)c1cnn(-c2ccccn2)c1C1CC1. The lowest BCUT2D eigenvalue weighted by atomic mass is 10.2. The van der Waals surface area contributed by atoms with E-state index >= 15 is 0 Å². The normalized spacial score (nSPS) is 14.4. The van der Waals surface area contributed by atoms with Crippen LogP contribution in [-0.2, 0) is 4.74 Å². The summed E-state index contributed by atoms with van der Waals surface area (Å²) < 4.78 is 6.84. The quantitative estimate of drug-likeness (QED) is 0.789. The van der Waals surface area contributed by atoms with Crippen LogP contribution >= 0.6 is 0 Å². The molecule has 0 aromatic carbocycles. The van der Waals surface area contributed by atoms with Gasteiger partial charge < -0.3 is 4.74 Å². The number of esters is 1. The van der Waals surface area contributed by atoms with Crippen LogP contribution in [-0.4, -0.2) is 27.3 Å². The maximum absolute atomic E-state index is 11.9. The van der Waals surface area contributed by atoms with E-state index in [4.69, 9.17) is 4.74 Å². The van der Waals surface area contributed by atoms with Gasteiger partial charge in [0.15, 0.2) is 5.82 Å². The molecule has 0 unspecified atom stereocenters. The maximum Gasteiger partial charge on any atom is 0.341 e. The molecule has 2 heterocycles. The predicted molar refractivity (Wildman–Crippen MR) is 69.3 cm³/mol. The van der Waals surface area contributed by atoms with Crippen molar-refractivity contribution in [1.29, 1.82) is 0 Å². The highest BCUT2D eigenvalue weighted by Crippen LogP contribution is 2.42. The van der Waals surface area contributed by atoms with Crippen molar-refractivity contribution in [3.05, 3.63) is 41.9 Å². The molecule has 2 aromatic heterocycles. The molecule has 98 valence electrons. The Morgan fingerprint density at radius 1 is 1.47 bits per heavy atom. The summed E-state index contributed by atoms with van der Waals surface area (Å²) in [5.74, 6) is 0.829. The van der Waals surface area contributed by atoms with E-state index in [2.05, 4.69) is 10.1 Å². The summed E-state index contributed by atoms with van der Waals surface area (Å²) in [5.41, 5.74) is 1.49. The Labute approximate surface area is 111 Å². The van der Waals surface area contributed by atoms with Crippen molar-refractivity contribution in [2.75, 3.05) is 6.61 Å². The second-order valence-electron chi connectivity index (χ2n) is 4.54. The van der Waals surface area contributed by atoms with Crippen molar-refractivity contribution in [3.8, 4) is 5.82 Å². The summed E-state index contributed by atoms with van der Waals surface area (Å²) in [5, 5.41) is 4.30. The summed E-state index contributed by atoms with van der Waals surface area (Å²) in [6, 6.07) is 5.65. The van der Waals surface area contributed by atoms with Gasteiger partial charge in [-0.1, -0.05) is 6.07 Å². The monoisotopic (exact) mass is 257 g/mol. The van der Waals surface area contributed by atoms with Gasteiger partial charge >= 0.3 is 5.97 Å². The minimum Gasteiger partial charge on any atom is -0.462 e. The highest BCUT2D eigenvalue weighted by Gasteiger charge is 2.33. The van der Waals surface area contributed by atoms with Crippen molar-refractivity contribution in [3.63, 3.8) is 0 Å². The Balaban J connectivity index is 2.04. The predicted octanol–water partition coefficient (Wildman–Crippen LogP) is 2.32. The van der Waals surface area contributed by atoms with Crippen molar-refractivity contribution < 1.29 is 9.53 Å². The van der Waals surface area contributed by atoms with Crippen LogP contribution in [0.5, 0.6) is 0 Å². The first-order chi connectivity index (χ1) is 9.31. The molecule has 3 rings (SSSR count). The van der Waals surface area contributed by atoms with Crippen LogP contribution in [0.25, 0.3) is 5.82 Å². The van der Waals surface area contributed by atoms with Crippen LogP contribution in [0.4, 0.5) is 0 Å². The molecule has 1 aliphatic carbocycles. The molecule has 0 atom stereocenters. The van der Waals surface area contributed by atoms with Crippen molar-refractivity contribution in [2.45, 2.75) is 25.7 Å². The molecule has 1 saturated carbocycles. The van der Waals surface area contributed by atoms with Crippen LogP contribution in [0.15, 0.2) is 30.6 Å². The number of hydrogen-bond acceptors (Lipinski definition) is 4. The molecule has 0 spiro atoms. The molecule has 2 aromatic rings. The Bertz CT molecular complexity index is 588. The number of ether oxygens (including phenoxy) is 1. The van der Waals surface area contributed by atoms with Crippen LogP contribution in [0.1, 0.15) is 41.7 Å². The van der Waals surface area contributed by atoms with Crippen LogP contribution in [0.3, 0.4) is 0 Å². The molecule has 1 fully saturated rings. The van der Waals surface area contributed by atoms with E-state index in [-0.39, 0.29) is 5.97 Å². The first-order valence-corrected chi connectivity index (χ1v) is 6.47. The standard InChI is InChI=1S/C14H15N3O2/c1-2-19-14(18)11-9-16-17(13(11)10-6-7-10)12-5-3-4-8-15-12/h3-5,8-10H,2,6-7H2,1H3. The first-order valence-electron chi connectivity index (χ1n) is 6.47. The third-order valence-corrected chi connectivity index (χ3v) is 3.13. The first kappa shape index (κ1) is 11.9. The molecule has 0 amide bonds. The molecule has 5 heteroatoms. The molecular weight excluding hydrogens is 242 g/mol. The fourth-order valence-corrected chi connectivity index (χ4v) is 2.14. The zero-order chi connectivity index (χ0) is 13.2. The third kappa shape index (κ3) is 2.23. The number of rotatable bonds is 4. The lowest BCUT2D eigenvalue weighted by Gasteiger charge is -2.07. The fraction of sp³-hybridized carbons (Fsp3) is 0.357. The van der Waals surface area contributed by atoms with E-state index in [1.165, 1.54) is 0 Å². The Hall–Kier alpha value is -2.17. The van der Waals surface area contributed by atoms with Crippen molar-refractivity contribution in [1.82, 2.24) is 14.8 Å². The average molecular weight is 257 g/mol. The zero-order valence-electron chi connectivity index (χ0n) is 10.7. The van der Waals surface area contributed by atoms with Gasteiger partial charge in [-0.05, 0) is 31.9 Å². The summed E-state index contributed by atoms with van der Waals surface area (Å²) in [6.45, 7) is 2.18. The summed E-state index contributed by atoms with van der Waals surface area (Å²) in [4.78, 5) is 16.2. The largest absolute Gasteiger partial charge is 0.462 e. The van der Waals surface area contributed by atoms with Crippen LogP contribution < -0.4 is 0 Å². The Morgan fingerprint density at radius 2 is 2.32 bits per heavy atom. The molecule has 0 bridgehead atoms. The Morgan fingerprint density at radius 3 is 2.95 bits per heavy atom. The molecule has 5 nitrogen and oxygen atoms in total. The maximum atomic E-state index is 11.9. The topological polar surface area (TPSA) is 57.0 Å². The highest BCUT2D eigenvalue weighted by atomic mass is 16.5. The number of pyridine rings is 1. The second-order valence-corrected chi connectivity index (χ2v) is 4.54. The molecule has 19 heavy (non-hydrogen) atoms. The minimum atomic E-state index is -0.299. The van der Waals surface area contributed by atoms with Gasteiger partial charge in [-0.3, -0.25) is 0 Å². The van der Waals surface area contributed by atoms with Gasteiger partial charge in [0.25, 0.3) is 0 Å². The van der Waals surface area contributed by atoms with Gasteiger partial charge in [-0.25, -0.2) is 14.5 Å². The van der Waals surface area contributed by atoms with E-state index in [1.807, 2.05) is 18.2 Å². The smallest absolute Gasteiger partial charge is 0.341 e. The number of hydrogen-bond donors (Lipinski definition) is 0. The lowest BCUT2D eigenvalue weighted by molar-refractivity contribution is 0.0525. The summed E-state index contributed by atoms with van der Waals surface area (Å²) in [7, 11) is 0. The van der Waals surface area contributed by atoms with Gasteiger partial charge in [0.2, 0.25) is 0 Å². The van der Waals surface area contributed by atoms with Crippen LogP contribution in [0.2, 0.25) is 0 Å². The van der Waals surface area contributed by atoms with Crippen LogP contribution in [0, 0.1) is 0 Å². The number of nitrogens with zero attached hydrogens (tertiary/aromatic N) is 3. The number of carbonyl (C=O) groups excluding carboxylic acids is 1. The van der Waals surface area contributed by atoms with Crippen molar-refractivity contribution in [2.24, 2.45) is 0 Å². The molecule has 0 N–H and O–H groups in total. The summed E-state index contributed by atoms with van der Waals surface area (Å²) >= 11 is 0. The lowest BCUT2D eigenvalue weighted by Crippen LogP contribution is -2.09. The second kappa shape index (κ2) is 4.84. The van der Waals surface area contributed by atoms with Gasteiger partial charge in [0, 0.05) is 12.1 Å². The molecule has 0 radical (unpaired) electrons. The van der Waals surface area contributed by atoms with E-state index in [0.717, 1.165) is 24.4 Å². The van der Waals surface area contributed by atoms with Gasteiger partial charge in [0.1, 0.15) is 5.56 Å². The Kier molecular flexibility index (Phi) is 3.03. The van der Waals surface area contributed by atoms with Gasteiger partial charge in [-0.2, -0.15) is 5.10 Å². The van der Waals surface area contributed by atoms with Gasteiger partial charge in [0.05, 0.1) is 18.5 Å². The minimum absolute atomic E-state index is 0.299. The van der Waals surface area contributed by atoms with E-state index < -0.39 is 0 Å². The average Bonchev–Trinajstić information content (AvgIpc) is 3.18. The summed E-state index contributed by atoms with van der Waals surface area (Å²) in [6.07, 6.45) is 5.48. The van der Waals surface area contributed by atoms with E-state index in [9.17, 15) is 4.79 Å².